The molecule has 1 aliphatic heterocycles. The van der Waals surface area contributed by atoms with Crippen LogP contribution in [0, 0.1) is 32.1 Å². The maximum Gasteiger partial charge on any atom is 0.420 e. The molecule has 4 aromatic rings. The maximum absolute atomic E-state index is 12.8. The highest BCUT2D eigenvalue weighted by Crippen LogP contribution is 2.29. The highest BCUT2D eigenvalue weighted by molar-refractivity contribution is 5.78. The molecule has 0 atom stereocenters. The summed E-state index contributed by atoms with van der Waals surface area (Å²) in [6, 6.07) is 13.9. The zero-order valence-corrected chi connectivity index (χ0v) is 19.6. The van der Waals surface area contributed by atoms with Gasteiger partial charge in [0, 0.05) is 36.6 Å². The van der Waals surface area contributed by atoms with Crippen LogP contribution in [0.4, 0.5) is 5.69 Å². The normalized spacial score (nSPS) is 13.9. The Balaban J connectivity index is 1.51. The lowest BCUT2D eigenvalue weighted by Gasteiger charge is -2.28. The number of benzene rings is 2. The number of hydrogen-bond acceptors (Lipinski definition) is 6. The van der Waals surface area contributed by atoms with E-state index in [0.717, 1.165) is 57.8 Å². The molecule has 5 rings (SSSR count). The fraction of sp³-hybridized carbons (Fsp3) is 0.296. The Morgan fingerprint density at radius 1 is 1.03 bits per heavy atom. The number of ether oxygens (including phenoxy) is 1. The number of pyridine rings is 1. The first-order chi connectivity index (χ1) is 16.4. The fourth-order valence-electron chi connectivity index (χ4n) is 4.70. The van der Waals surface area contributed by atoms with E-state index in [4.69, 9.17) is 9.15 Å². The van der Waals surface area contributed by atoms with E-state index in [1.54, 1.807) is 4.57 Å². The van der Waals surface area contributed by atoms with Crippen molar-refractivity contribution in [1.82, 2.24) is 9.55 Å². The molecule has 7 nitrogen and oxygen atoms in total. The van der Waals surface area contributed by atoms with Crippen molar-refractivity contribution in [3.63, 3.8) is 0 Å². The van der Waals surface area contributed by atoms with Crippen LogP contribution in [0.2, 0.25) is 0 Å². The van der Waals surface area contributed by atoms with Crippen molar-refractivity contribution >= 4 is 16.8 Å². The van der Waals surface area contributed by atoms with Crippen molar-refractivity contribution in [2.45, 2.75) is 27.3 Å². The molecule has 1 aliphatic rings. The Hall–Kier alpha value is -3.89. The number of anilines is 1. The van der Waals surface area contributed by atoms with Crippen LogP contribution in [-0.4, -0.2) is 35.9 Å². The molecule has 0 N–H and O–H groups in total. The molecular weight excluding hydrogens is 428 g/mol. The number of aryl methyl sites for hydroxylation is 3. The number of morpholine rings is 1. The van der Waals surface area contributed by atoms with Crippen LogP contribution < -0.4 is 10.7 Å². The van der Waals surface area contributed by atoms with E-state index in [1.165, 1.54) is 0 Å². The number of fused-ring (bicyclic) bond motifs is 1. The zero-order chi connectivity index (χ0) is 23.8. The molecule has 7 heteroatoms. The van der Waals surface area contributed by atoms with E-state index >= 15 is 0 Å². The maximum atomic E-state index is 12.8. The van der Waals surface area contributed by atoms with Gasteiger partial charge in [-0.2, -0.15) is 5.26 Å². The minimum atomic E-state index is -0.377. The quantitative estimate of drug-likeness (QED) is 0.456. The summed E-state index contributed by atoms with van der Waals surface area (Å²) < 4.78 is 12.7. The molecule has 34 heavy (non-hydrogen) atoms. The van der Waals surface area contributed by atoms with Crippen molar-refractivity contribution in [2.75, 3.05) is 31.2 Å². The van der Waals surface area contributed by atoms with Gasteiger partial charge in [0.1, 0.15) is 0 Å². The van der Waals surface area contributed by atoms with E-state index in [0.29, 0.717) is 30.9 Å². The van der Waals surface area contributed by atoms with Crippen LogP contribution in [-0.2, 0) is 11.3 Å². The fourth-order valence-corrected chi connectivity index (χ4v) is 4.70. The average Bonchev–Trinajstić information content (AvgIpc) is 3.15. The van der Waals surface area contributed by atoms with Gasteiger partial charge in [-0.25, -0.2) is 4.79 Å². The first kappa shape index (κ1) is 21.9. The molecule has 0 aliphatic carbocycles. The molecule has 0 spiro atoms. The van der Waals surface area contributed by atoms with Gasteiger partial charge in [-0.3, -0.25) is 9.55 Å². The molecule has 0 saturated carbocycles. The predicted molar refractivity (Wildman–Crippen MR) is 131 cm³/mol. The third-order valence-corrected chi connectivity index (χ3v) is 6.49. The minimum absolute atomic E-state index is 0.377. The van der Waals surface area contributed by atoms with E-state index in [1.807, 2.05) is 63.4 Å². The second-order valence-corrected chi connectivity index (χ2v) is 8.80. The summed E-state index contributed by atoms with van der Waals surface area (Å²) in [5.41, 5.74) is 8.86. The van der Waals surface area contributed by atoms with Gasteiger partial charge in [0.05, 0.1) is 42.6 Å². The van der Waals surface area contributed by atoms with Gasteiger partial charge in [0.2, 0.25) is 0 Å². The lowest BCUT2D eigenvalue weighted by Crippen LogP contribution is -2.36. The lowest BCUT2D eigenvalue weighted by molar-refractivity contribution is 0.122. The number of hydrogen-bond donors (Lipinski definition) is 0. The van der Waals surface area contributed by atoms with E-state index < -0.39 is 0 Å². The Labute approximate surface area is 197 Å². The number of nitrogens with zero attached hydrogens (tertiary/aromatic N) is 4. The summed E-state index contributed by atoms with van der Waals surface area (Å²) in [4.78, 5) is 19.7. The van der Waals surface area contributed by atoms with Crippen LogP contribution in [0.15, 0.2) is 51.8 Å². The van der Waals surface area contributed by atoms with Crippen LogP contribution in [0.1, 0.15) is 27.8 Å². The molecule has 172 valence electrons. The summed E-state index contributed by atoms with van der Waals surface area (Å²) in [5.74, 6) is -0.377. The van der Waals surface area contributed by atoms with E-state index in [2.05, 4.69) is 16.0 Å². The minimum Gasteiger partial charge on any atom is -0.408 e. The van der Waals surface area contributed by atoms with Crippen LogP contribution in [0.25, 0.3) is 22.4 Å². The third-order valence-electron chi connectivity index (χ3n) is 6.49. The Bertz CT molecular complexity index is 1460. The Morgan fingerprint density at radius 2 is 1.76 bits per heavy atom. The SMILES string of the molecule is Cc1cnc(-c2c(C)cc(C#N)cc2C)cc1Cn1c(=O)oc2cc(N3CCOCC3)ccc21. The number of aromatic nitrogens is 2. The van der Waals surface area contributed by atoms with Crippen molar-refractivity contribution in [3.05, 3.63) is 81.0 Å². The molecule has 3 heterocycles. The van der Waals surface area contributed by atoms with Crippen molar-refractivity contribution in [1.29, 1.82) is 5.26 Å². The standard InChI is InChI=1S/C27H26N4O3/c1-17-10-20(14-28)11-18(2)26(17)23-12-21(19(3)15-29-23)16-31-24-5-4-22(13-25(24)34-27(31)32)30-6-8-33-9-7-30/h4-5,10-13,15H,6-9,16H2,1-3H3. The zero-order valence-electron chi connectivity index (χ0n) is 19.6. The highest BCUT2D eigenvalue weighted by atomic mass is 16.5. The molecule has 2 aromatic carbocycles. The molecule has 1 saturated heterocycles. The van der Waals surface area contributed by atoms with Crippen LogP contribution >= 0.6 is 0 Å². The van der Waals surface area contributed by atoms with Gasteiger partial charge >= 0.3 is 5.76 Å². The number of rotatable bonds is 4. The van der Waals surface area contributed by atoms with Crippen molar-refractivity contribution < 1.29 is 9.15 Å². The summed E-state index contributed by atoms with van der Waals surface area (Å²) >= 11 is 0. The van der Waals surface area contributed by atoms with E-state index in [9.17, 15) is 10.1 Å². The van der Waals surface area contributed by atoms with Gasteiger partial charge in [-0.05, 0) is 73.4 Å². The Kier molecular flexibility index (Phi) is 5.68. The van der Waals surface area contributed by atoms with Gasteiger partial charge < -0.3 is 14.1 Å². The van der Waals surface area contributed by atoms with Gasteiger partial charge in [-0.1, -0.05) is 0 Å². The van der Waals surface area contributed by atoms with Gasteiger partial charge in [0.25, 0.3) is 0 Å². The second-order valence-electron chi connectivity index (χ2n) is 8.80. The topological polar surface area (TPSA) is 84.3 Å². The summed E-state index contributed by atoms with van der Waals surface area (Å²) in [5, 5.41) is 9.26. The molecule has 0 unspecified atom stereocenters. The van der Waals surface area contributed by atoms with Gasteiger partial charge in [-0.15, -0.1) is 0 Å². The molecule has 1 fully saturated rings. The largest absolute Gasteiger partial charge is 0.420 e. The first-order valence-electron chi connectivity index (χ1n) is 11.4. The number of nitriles is 1. The summed E-state index contributed by atoms with van der Waals surface area (Å²) in [6.45, 7) is 9.41. The summed E-state index contributed by atoms with van der Waals surface area (Å²) in [6.07, 6.45) is 1.84. The van der Waals surface area contributed by atoms with Crippen LogP contribution in [0.5, 0.6) is 0 Å². The predicted octanol–water partition coefficient (Wildman–Crippen LogP) is 4.34. The highest BCUT2D eigenvalue weighted by Gasteiger charge is 2.17. The number of oxazole rings is 1. The molecule has 2 aromatic heterocycles. The molecule has 0 bridgehead atoms. The van der Waals surface area contributed by atoms with Crippen molar-refractivity contribution in [2.24, 2.45) is 0 Å². The van der Waals surface area contributed by atoms with Crippen LogP contribution in [0.3, 0.4) is 0 Å². The van der Waals surface area contributed by atoms with E-state index in [-0.39, 0.29) is 5.76 Å². The van der Waals surface area contributed by atoms with Gasteiger partial charge in [0.15, 0.2) is 5.58 Å². The first-order valence-corrected chi connectivity index (χ1v) is 11.4. The average molecular weight is 455 g/mol. The molecule has 0 radical (unpaired) electrons. The third kappa shape index (κ3) is 3.97. The lowest BCUT2D eigenvalue weighted by atomic mass is 9.95. The Morgan fingerprint density at radius 3 is 2.47 bits per heavy atom. The smallest absolute Gasteiger partial charge is 0.408 e. The molecular formula is C27H26N4O3. The monoisotopic (exact) mass is 454 g/mol. The molecule has 0 amide bonds. The second kappa shape index (κ2) is 8.81. The van der Waals surface area contributed by atoms with Crippen molar-refractivity contribution in [3.8, 4) is 17.3 Å². The summed E-state index contributed by atoms with van der Waals surface area (Å²) in [7, 11) is 0.